The minimum absolute atomic E-state index is 0.0495. The summed E-state index contributed by atoms with van der Waals surface area (Å²) in [6, 6.07) is 0. The SMILES string of the molecule is Cn1ccnc1[C@@H]1OCC[C@H]1C(=O)N1CCOC2(CCC2)C1. The highest BCUT2D eigenvalue weighted by Gasteiger charge is 2.46. The van der Waals surface area contributed by atoms with E-state index in [4.69, 9.17) is 9.47 Å². The summed E-state index contributed by atoms with van der Waals surface area (Å²) in [5, 5.41) is 0. The molecular formula is C16H23N3O3. The number of ether oxygens (including phenoxy) is 2. The molecule has 0 unspecified atom stereocenters. The van der Waals surface area contributed by atoms with Gasteiger partial charge in [0.05, 0.1) is 18.1 Å². The van der Waals surface area contributed by atoms with Crippen molar-refractivity contribution in [2.75, 3.05) is 26.3 Å². The minimum atomic E-state index is -0.215. The number of hydrogen-bond acceptors (Lipinski definition) is 4. The van der Waals surface area contributed by atoms with Crippen LogP contribution < -0.4 is 0 Å². The third-order valence-electron chi connectivity index (χ3n) is 5.35. The second-order valence-electron chi connectivity index (χ2n) is 6.73. The molecule has 1 spiro atoms. The maximum Gasteiger partial charge on any atom is 0.229 e. The molecule has 6 nitrogen and oxygen atoms in total. The topological polar surface area (TPSA) is 56.6 Å². The third kappa shape index (κ3) is 2.25. The van der Waals surface area contributed by atoms with Crippen LogP contribution in [0.15, 0.2) is 12.4 Å². The first-order valence-electron chi connectivity index (χ1n) is 8.20. The Labute approximate surface area is 130 Å². The van der Waals surface area contributed by atoms with Gasteiger partial charge in [-0.1, -0.05) is 0 Å². The highest BCUT2D eigenvalue weighted by molar-refractivity contribution is 5.80. The summed E-state index contributed by atoms with van der Waals surface area (Å²) in [7, 11) is 1.95. The number of morpholine rings is 1. The van der Waals surface area contributed by atoms with Gasteiger partial charge in [0.1, 0.15) is 11.9 Å². The molecule has 3 fully saturated rings. The lowest BCUT2D eigenvalue weighted by Crippen LogP contribution is -2.58. The second kappa shape index (κ2) is 5.35. The molecule has 1 saturated carbocycles. The molecular weight excluding hydrogens is 282 g/mol. The molecule has 2 aliphatic heterocycles. The first-order valence-corrected chi connectivity index (χ1v) is 8.20. The fourth-order valence-corrected chi connectivity index (χ4v) is 3.89. The molecule has 1 amide bonds. The molecule has 1 aliphatic carbocycles. The number of amides is 1. The minimum Gasteiger partial charge on any atom is -0.371 e. The predicted molar refractivity (Wildman–Crippen MR) is 79.1 cm³/mol. The van der Waals surface area contributed by atoms with Crippen molar-refractivity contribution in [3.05, 3.63) is 18.2 Å². The Morgan fingerprint density at radius 1 is 1.41 bits per heavy atom. The van der Waals surface area contributed by atoms with Crippen LogP contribution in [0.4, 0.5) is 0 Å². The maximum absolute atomic E-state index is 13.0. The Morgan fingerprint density at radius 2 is 2.27 bits per heavy atom. The Bertz CT molecular complexity index is 567. The van der Waals surface area contributed by atoms with Gasteiger partial charge in [-0.3, -0.25) is 4.79 Å². The molecule has 4 rings (SSSR count). The van der Waals surface area contributed by atoms with Crippen LogP contribution in [0, 0.1) is 5.92 Å². The summed E-state index contributed by atoms with van der Waals surface area (Å²) in [6.45, 7) is 2.73. The van der Waals surface area contributed by atoms with Gasteiger partial charge in [0.15, 0.2) is 0 Å². The lowest BCUT2D eigenvalue weighted by Gasteiger charge is -2.48. The molecule has 120 valence electrons. The molecule has 1 aromatic rings. The smallest absolute Gasteiger partial charge is 0.229 e. The Kier molecular flexibility index (Phi) is 3.46. The monoisotopic (exact) mass is 305 g/mol. The van der Waals surface area contributed by atoms with Gasteiger partial charge in [0.25, 0.3) is 0 Å². The Hall–Kier alpha value is -1.40. The van der Waals surface area contributed by atoms with Crippen molar-refractivity contribution in [1.29, 1.82) is 0 Å². The normalized spacial score (nSPS) is 30.5. The van der Waals surface area contributed by atoms with Crippen LogP contribution in [0.5, 0.6) is 0 Å². The maximum atomic E-state index is 13.0. The highest BCUT2D eigenvalue weighted by Crippen LogP contribution is 2.40. The van der Waals surface area contributed by atoms with E-state index in [-0.39, 0.29) is 23.5 Å². The standard InChI is InChI=1S/C16H23N3O3/c1-18-7-6-17-14(18)13-12(3-9-21-13)15(20)19-8-10-22-16(11-19)4-2-5-16/h6-7,12-13H,2-5,8-11H2,1H3/t12-,13-/m1/s1. The van der Waals surface area contributed by atoms with Gasteiger partial charge in [-0.25, -0.2) is 4.98 Å². The number of rotatable bonds is 2. The van der Waals surface area contributed by atoms with Crippen LogP contribution in [0.2, 0.25) is 0 Å². The molecule has 0 aromatic carbocycles. The summed E-state index contributed by atoms with van der Waals surface area (Å²) in [4.78, 5) is 19.4. The van der Waals surface area contributed by atoms with Gasteiger partial charge in [-0.05, 0) is 25.7 Å². The van der Waals surface area contributed by atoms with Crippen LogP contribution in [0.25, 0.3) is 0 Å². The summed E-state index contributed by atoms with van der Waals surface area (Å²) < 4.78 is 13.7. The van der Waals surface area contributed by atoms with Crippen molar-refractivity contribution in [1.82, 2.24) is 14.5 Å². The number of carbonyl (C=O) groups excluding carboxylic acids is 1. The number of carbonyl (C=O) groups is 1. The van der Waals surface area contributed by atoms with Crippen LogP contribution in [-0.4, -0.2) is 52.3 Å². The van der Waals surface area contributed by atoms with E-state index >= 15 is 0 Å². The van der Waals surface area contributed by atoms with E-state index in [1.54, 1.807) is 6.20 Å². The van der Waals surface area contributed by atoms with Crippen molar-refractivity contribution in [2.24, 2.45) is 13.0 Å². The Balaban J connectivity index is 1.50. The lowest BCUT2D eigenvalue weighted by molar-refractivity contribution is -0.171. The van der Waals surface area contributed by atoms with Crippen molar-refractivity contribution >= 4 is 5.91 Å². The van der Waals surface area contributed by atoms with E-state index in [1.165, 1.54) is 6.42 Å². The number of nitrogens with zero attached hydrogens (tertiary/aromatic N) is 3. The van der Waals surface area contributed by atoms with E-state index < -0.39 is 0 Å². The summed E-state index contributed by atoms with van der Waals surface area (Å²) in [5.74, 6) is 0.943. The summed E-state index contributed by atoms with van der Waals surface area (Å²) >= 11 is 0. The van der Waals surface area contributed by atoms with Crippen LogP contribution in [0.3, 0.4) is 0 Å². The Morgan fingerprint density at radius 3 is 2.95 bits per heavy atom. The average Bonchev–Trinajstić information content (AvgIpc) is 3.13. The average molecular weight is 305 g/mol. The molecule has 3 aliphatic rings. The molecule has 0 radical (unpaired) electrons. The van der Waals surface area contributed by atoms with E-state index in [0.717, 1.165) is 31.6 Å². The molecule has 6 heteroatoms. The number of hydrogen-bond donors (Lipinski definition) is 0. The first-order chi connectivity index (χ1) is 10.7. The zero-order valence-electron chi connectivity index (χ0n) is 13.0. The molecule has 3 heterocycles. The van der Waals surface area contributed by atoms with Crippen molar-refractivity contribution in [3.63, 3.8) is 0 Å². The molecule has 22 heavy (non-hydrogen) atoms. The van der Waals surface area contributed by atoms with Crippen molar-refractivity contribution in [2.45, 2.75) is 37.4 Å². The number of aryl methyl sites for hydroxylation is 1. The molecule has 0 bridgehead atoms. The summed E-state index contributed by atoms with van der Waals surface area (Å²) in [6.07, 6.45) is 7.60. The highest BCUT2D eigenvalue weighted by atomic mass is 16.5. The second-order valence-corrected chi connectivity index (χ2v) is 6.73. The van der Waals surface area contributed by atoms with E-state index in [9.17, 15) is 4.79 Å². The van der Waals surface area contributed by atoms with Crippen molar-refractivity contribution < 1.29 is 14.3 Å². The van der Waals surface area contributed by atoms with Crippen molar-refractivity contribution in [3.8, 4) is 0 Å². The lowest BCUT2D eigenvalue weighted by atomic mass is 9.78. The number of aromatic nitrogens is 2. The van der Waals surface area contributed by atoms with Gasteiger partial charge in [0, 0.05) is 39.1 Å². The largest absolute Gasteiger partial charge is 0.371 e. The number of imidazole rings is 1. The quantitative estimate of drug-likeness (QED) is 0.826. The zero-order chi connectivity index (χ0) is 15.2. The van der Waals surface area contributed by atoms with E-state index in [0.29, 0.717) is 19.8 Å². The van der Waals surface area contributed by atoms with Crippen LogP contribution in [0.1, 0.15) is 37.6 Å². The van der Waals surface area contributed by atoms with Crippen LogP contribution in [-0.2, 0) is 21.3 Å². The predicted octanol–water partition coefficient (Wildman–Crippen LogP) is 1.28. The van der Waals surface area contributed by atoms with Gasteiger partial charge in [0.2, 0.25) is 5.91 Å². The molecule has 2 atom stereocenters. The third-order valence-corrected chi connectivity index (χ3v) is 5.35. The molecule has 2 saturated heterocycles. The van der Waals surface area contributed by atoms with Crippen LogP contribution >= 0.6 is 0 Å². The first kappa shape index (κ1) is 14.2. The fourth-order valence-electron chi connectivity index (χ4n) is 3.89. The van der Waals surface area contributed by atoms with Gasteiger partial charge < -0.3 is 18.9 Å². The molecule has 0 N–H and O–H groups in total. The molecule has 1 aromatic heterocycles. The van der Waals surface area contributed by atoms with Gasteiger partial charge >= 0.3 is 0 Å². The summed E-state index contributed by atoms with van der Waals surface area (Å²) in [5.41, 5.74) is -0.0495. The van der Waals surface area contributed by atoms with E-state index in [2.05, 4.69) is 4.98 Å². The van der Waals surface area contributed by atoms with Gasteiger partial charge in [-0.15, -0.1) is 0 Å². The van der Waals surface area contributed by atoms with E-state index in [1.807, 2.05) is 22.7 Å². The fraction of sp³-hybridized carbons (Fsp3) is 0.750. The zero-order valence-corrected chi connectivity index (χ0v) is 13.0. The van der Waals surface area contributed by atoms with Gasteiger partial charge in [-0.2, -0.15) is 0 Å².